The quantitative estimate of drug-likeness (QED) is 0.582. The number of carbonyl (C=O) groups excluding carboxylic acids is 2. The summed E-state index contributed by atoms with van der Waals surface area (Å²) in [6, 6.07) is 20.3. The van der Waals surface area contributed by atoms with Gasteiger partial charge in [0.1, 0.15) is 11.8 Å². The molecule has 3 rings (SSSR count). The minimum Gasteiger partial charge on any atom is -0.483 e. The van der Waals surface area contributed by atoms with Gasteiger partial charge in [0.15, 0.2) is 6.61 Å². The molecule has 0 radical (unpaired) electrons. The number of fused-ring (bicyclic) bond motifs is 1. The van der Waals surface area contributed by atoms with Gasteiger partial charge >= 0.3 is 0 Å². The van der Waals surface area contributed by atoms with Gasteiger partial charge in [-0.05, 0) is 29.5 Å². The number of nitrogens with zero attached hydrogens (tertiary/aromatic N) is 1. The van der Waals surface area contributed by atoms with E-state index in [1.165, 1.54) is 4.90 Å². The van der Waals surface area contributed by atoms with Gasteiger partial charge < -0.3 is 15.0 Å². The lowest BCUT2D eigenvalue weighted by Gasteiger charge is -2.30. The van der Waals surface area contributed by atoms with Crippen LogP contribution in [-0.2, 0) is 16.1 Å². The topological polar surface area (TPSA) is 58.6 Å². The third-order valence-corrected chi connectivity index (χ3v) is 5.40. The number of rotatable bonds is 8. The second-order valence-corrected chi connectivity index (χ2v) is 7.32. The first-order valence-electron chi connectivity index (χ1n) is 9.90. The van der Waals surface area contributed by atoms with Crippen molar-refractivity contribution < 1.29 is 14.3 Å². The predicted molar refractivity (Wildman–Crippen MR) is 120 cm³/mol. The van der Waals surface area contributed by atoms with Crippen LogP contribution in [0.25, 0.3) is 10.8 Å². The normalized spacial score (nSPS) is 11.7. The molecule has 0 aliphatic rings. The van der Waals surface area contributed by atoms with Crippen molar-refractivity contribution >= 4 is 34.2 Å². The number of hydrogen-bond donors (Lipinski definition) is 1. The Morgan fingerprint density at radius 3 is 2.47 bits per heavy atom. The molecular weight excluding hydrogens is 400 g/mol. The lowest BCUT2D eigenvalue weighted by Crippen LogP contribution is -2.49. The Labute approximate surface area is 181 Å². The van der Waals surface area contributed by atoms with E-state index in [0.717, 1.165) is 16.3 Å². The van der Waals surface area contributed by atoms with Crippen LogP contribution in [0, 0.1) is 0 Å². The molecule has 0 aliphatic heterocycles. The molecule has 2 amide bonds. The highest BCUT2D eigenvalue weighted by atomic mass is 35.5. The minimum absolute atomic E-state index is 0.175. The molecule has 0 unspecified atom stereocenters. The number of benzene rings is 3. The standard InChI is InChI=1S/C24H25ClN2O3/c1-3-21(24(29)26-2)27(15-18-10-5-7-13-20(18)25)23(28)16-30-22-14-8-11-17-9-4-6-12-19(17)22/h4-14,21H,3,15-16H2,1-2H3,(H,26,29)/t21-/m1/s1. The fourth-order valence-electron chi connectivity index (χ4n) is 3.44. The number of ether oxygens (including phenoxy) is 1. The summed E-state index contributed by atoms with van der Waals surface area (Å²) in [5, 5.41) is 5.16. The Bertz CT molecular complexity index is 1030. The van der Waals surface area contributed by atoms with E-state index in [2.05, 4.69) is 5.32 Å². The smallest absolute Gasteiger partial charge is 0.261 e. The minimum atomic E-state index is -0.616. The van der Waals surface area contributed by atoms with Crippen LogP contribution in [0.1, 0.15) is 18.9 Å². The fraction of sp³-hybridized carbons (Fsp3) is 0.250. The van der Waals surface area contributed by atoms with E-state index >= 15 is 0 Å². The van der Waals surface area contributed by atoms with Gasteiger partial charge in [0, 0.05) is 24.0 Å². The van der Waals surface area contributed by atoms with Gasteiger partial charge in [-0.2, -0.15) is 0 Å². The fourth-order valence-corrected chi connectivity index (χ4v) is 3.64. The molecule has 3 aromatic carbocycles. The highest BCUT2D eigenvalue weighted by molar-refractivity contribution is 6.31. The van der Waals surface area contributed by atoms with Crippen LogP contribution in [0.4, 0.5) is 0 Å². The van der Waals surface area contributed by atoms with Crippen LogP contribution < -0.4 is 10.1 Å². The molecule has 6 heteroatoms. The summed E-state index contributed by atoms with van der Waals surface area (Å²) in [5.74, 6) is 0.133. The van der Waals surface area contributed by atoms with Crippen LogP contribution in [0.3, 0.4) is 0 Å². The van der Waals surface area contributed by atoms with Crippen LogP contribution in [0.5, 0.6) is 5.75 Å². The maximum atomic E-state index is 13.2. The van der Waals surface area contributed by atoms with Gasteiger partial charge in [0.2, 0.25) is 5.91 Å². The Hall–Kier alpha value is -3.05. The first-order valence-corrected chi connectivity index (χ1v) is 10.3. The molecule has 156 valence electrons. The Kier molecular flexibility index (Phi) is 7.31. The number of likely N-dealkylation sites (N-methyl/N-ethyl adjacent to an activating group) is 1. The molecule has 1 N–H and O–H groups in total. The monoisotopic (exact) mass is 424 g/mol. The summed E-state index contributed by atoms with van der Waals surface area (Å²) in [6.45, 7) is 1.92. The highest BCUT2D eigenvalue weighted by Gasteiger charge is 2.28. The predicted octanol–water partition coefficient (Wildman–Crippen LogP) is 4.43. The molecule has 30 heavy (non-hydrogen) atoms. The third kappa shape index (κ3) is 4.92. The number of hydrogen-bond acceptors (Lipinski definition) is 3. The van der Waals surface area contributed by atoms with Crippen molar-refractivity contribution in [3.05, 3.63) is 77.3 Å². The third-order valence-electron chi connectivity index (χ3n) is 5.03. The lowest BCUT2D eigenvalue weighted by atomic mass is 10.1. The molecule has 0 fully saturated rings. The second kappa shape index (κ2) is 10.1. The molecule has 0 bridgehead atoms. The van der Waals surface area contributed by atoms with Gasteiger partial charge in [0.05, 0.1) is 0 Å². The average Bonchev–Trinajstić information content (AvgIpc) is 2.78. The number of amides is 2. The zero-order chi connectivity index (χ0) is 21.5. The van der Waals surface area contributed by atoms with Crippen molar-refractivity contribution in [3.8, 4) is 5.75 Å². The summed E-state index contributed by atoms with van der Waals surface area (Å²) in [5.41, 5.74) is 0.778. The first kappa shape index (κ1) is 21.7. The Morgan fingerprint density at radius 2 is 1.73 bits per heavy atom. The molecule has 0 aromatic heterocycles. The van der Waals surface area contributed by atoms with Gasteiger partial charge in [-0.25, -0.2) is 0 Å². The SMILES string of the molecule is CC[C@H](C(=O)NC)N(Cc1ccccc1Cl)C(=O)COc1cccc2ccccc12. The van der Waals surface area contributed by atoms with Crippen molar-refractivity contribution in [1.82, 2.24) is 10.2 Å². The van der Waals surface area contributed by atoms with E-state index in [1.807, 2.05) is 67.6 Å². The van der Waals surface area contributed by atoms with E-state index in [-0.39, 0.29) is 25.0 Å². The molecule has 1 atom stereocenters. The molecule has 0 saturated heterocycles. The summed E-state index contributed by atoms with van der Waals surface area (Å²) in [6.07, 6.45) is 0.476. The molecule has 5 nitrogen and oxygen atoms in total. The first-order chi connectivity index (χ1) is 14.5. The van der Waals surface area contributed by atoms with Crippen molar-refractivity contribution in [2.45, 2.75) is 25.9 Å². The van der Waals surface area contributed by atoms with Crippen LogP contribution >= 0.6 is 11.6 Å². The van der Waals surface area contributed by atoms with E-state index in [4.69, 9.17) is 16.3 Å². The van der Waals surface area contributed by atoms with Crippen LogP contribution in [-0.4, -0.2) is 36.4 Å². The largest absolute Gasteiger partial charge is 0.483 e. The Morgan fingerprint density at radius 1 is 1.03 bits per heavy atom. The van der Waals surface area contributed by atoms with E-state index in [0.29, 0.717) is 17.2 Å². The molecule has 3 aromatic rings. The summed E-state index contributed by atoms with van der Waals surface area (Å²) in [7, 11) is 1.57. The van der Waals surface area contributed by atoms with Gasteiger partial charge in [-0.1, -0.05) is 73.1 Å². The van der Waals surface area contributed by atoms with Crippen molar-refractivity contribution in [1.29, 1.82) is 0 Å². The number of carbonyl (C=O) groups is 2. The van der Waals surface area contributed by atoms with Gasteiger partial charge in [0.25, 0.3) is 5.91 Å². The lowest BCUT2D eigenvalue weighted by molar-refractivity contribution is -0.142. The molecule has 0 spiro atoms. The van der Waals surface area contributed by atoms with Crippen LogP contribution in [0.2, 0.25) is 5.02 Å². The molecule has 0 heterocycles. The number of halogens is 1. The summed E-state index contributed by atoms with van der Waals surface area (Å²) in [4.78, 5) is 27.1. The Balaban J connectivity index is 1.83. The van der Waals surface area contributed by atoms with Gasteiger partial charge in [-0.3, -0.25) is 9.59 Å². The zero-order valence-electron chi connectivity index (χ0n) is 17.1. The van der Waals surface area contributed by atoms with Gasteiger partial charge in [-0.15, -0.1) is 0 Å². The van der Waals surface area contributed by atoms with Crippen molar-refractivity contribution in [2.75, 3.05) is 13.7 Å². The van der Waals surface area contributed by atoms with Crippen molar-refractivity contribution in [2.24, 2.45) is 0 Å². The molecular formula is C24H25ClN2O3. The van der Waals surface area contributed by atoms with E-state index < -0.39 is 6.04 Å². The summed E-state index contributed by atoms with van der Waals surface area (Å²) >= 11 is 6.30. The number of nitrogens with one attached hydrogen (secondary N) is 1. The average molecular weight is 425 g/mol. The van der Waals surface area contributed by atoms with Crippen molar-refractivity contribution in [3.63, 3.8) is 0 Å². The zero-order valence-corrected chi connectivity index (χ0v) is 17.9. The second-order valence-electron chi connectivity index (χ2n) is 6.92. The molecule has 0 saturated carbocycles. The van der Waals surface area contributed by atoms with E-state index in [1.54, 1.807) is 13.1 Å². The molecule has 0 aliphatic carbocycles. The maximum Gasteiger partial charge on any atom is 0.261 e. The van der Waals surface area contributed by atoms with E-state index in [9.17, 15) is 9.59 Å². The summed E-state index contributed by atoms with van der Waals surface area (Å²) < 4.78 is 5.88. The van der Waals surface area contributed by atoms with Crippen LogP contribution in [0.15, 0.2) is 66.7 Å². The maximum absolute atomic E-state index is 13.2. The highest BCUT2D eigenvalue weighted by Crippen LogP contribution is 2.25.